The van der Waals surface area contributed by atoms with Gasteiger partial charge in [-0.2, -0.15) is 12.6 Å². The molecule has 0 aromatic heterocycles. The zero-order valence-corrected chi connectivity index (χ0v) is 14.3. The number of hydrogen-bond donors (Lipinski definition) is 4. The highest BCUT2D eigenvalue weighted by Crippen LogP contribution is 2.07. The number of benzene rings is 1. The summed E-state index contributed by atoms with van der Waals surface area (Å²) in [5.74, 6) is 1.36. The molecule has 3 atom stereocenters. The smallest absolute Gasteiger partial charge is 0.0254 e. The van der Waals surface area contributed by atoms with Crippen LogP contribution in [0.3, 0.4) is 0 Å². The second-order valence-corrected chi connectivity index (χ2v) is 6.15. The second-order valence-electron chi connectivity index (χ2n) is 5.78. The molecule has 1 rings (SSSR count). The number of hydrogen-bond acceptors (Lipinski definition) is 4. The predicted octanol–water partition coefficient (Wildman–Crippen LogP) is 2.08. The van der Waals surface area contributed by atoms with Crippen LogP contribution < -0.4 is 16.4 Å². The molecule has 0 aliphatic heterocycles. The maximum Gasteiger partial charge on any atom is 0.0254 e. The van der Waals surface area contributed by atoms with Gasteiger partial charge in [0.2, 0.25) is 0 Å². The number of nitrogens with two attached hydrogens (primary N) is 1. The maximum atomic E-state index is 5.93. The van der Waals surface area contributed by atoms with Gasteiger partial charge in [0.05, 0.1) is 0 Å². The third-order valence-electron chi connectivity index (χ3n) is 4.01. The van der Waals surface area contributed by atoms with Gasteiger partial charge in [-0.1, -0.05) is 50.6 Å². The van der Waals surface area contributed by atoms with E-state index in [4.69, 9.17) is 5.73 Å². The molecule has 0 saturated carbocycles. The first-order valence-corrected chi connectivity index (χ1v) is 8.65. The van der Waals surface area contributed by atoms with E-state index in [9.17, 15) is 0 Å². The monoisotopic (exact) mass is 309 g/mol. The van der Waals surface area contributed by atoms with Crippen LogP contribution in [0.1, 0.15) is 25.8 Å². The Labute approximate surface area is 135 Å². The van der Waals surface area contributed by atoms with Crippen molar-refractivity contribution in [1.82, 2.24) is 10.6 Å². The van der Waals surface area contributed by atoms with Gasteiger partial charge in [0, 0.05) is 30.9 Å². The number of rotatable bonds is 11. The lowest BCUT2D eigenvalue weighted by atomic mass is 9.98. The van der Waals surface area contributed by atoms with Gasteiger partial charge in [0.15, 0.2) is 0 Å². The Kier molecular flexibility index (Phi) is 9.76. The van der Waals surface area contributed by atoms with Crippen molar-refractivity contribution in [3.05, 3.63) is 35.9 Å². The van der Waals surface area contributed by atoms with E-state index in [0.717, 1.165) is 31.8 Å². The van der Waals surface area contributed by atoms with Crippen LogP contribution in [-0.2, 0) is 6.42 Å². The molecule has 21 heavy (non-hydrogen) atoms. The van der Waals surface area contributed by atoms with Gasteiger partial charge >= 0.3 is 0 Å². The Balaban J connectivity index is 2.28. The highest BCUT2D eigenvalue weighted by Gasteiger charge is 2.15. The highest BCUT2D eigenvalue weighted by atomic mass is 32.1. The van der Waals surface area contributed by atoms with Crippen LogP contribution in [-0.4, -0.2) is 37.5 Å². The van der Waals surface area contributed by atoms with Crippen molar-refractivity contribution in [3.63, 3.8) is 0 Å². The summed E-state index contributed by atoms with van der Waals surface area (Å²) < 4.78 is 0. The van der Waals surface area contributed by atoms with E-state index in [2.05, 4.69) is 67.4 Å². The molecule has 0 radical (unpaired) electrons. The lowest BCUT2D eigenvalue weighted by Gasteiger charge is -2.26. The Morgan fingerprint density at radius 1 is 1.19 bits per heavy atom. The summed E-state index contributed by atoms with van der Waals surface area (Å²) >= 11 is 4.24. The topological polar surface area (TPSA) is 50.1 Å². The molecular weight excluding hydrogens is 278 g/mol. The number of thiol groups is 1. The zero-order chi connectivity index (χ0) is 15.5. The molecule has 0 fully saturated rings. The molecule has 1 aromatic carbocycles. The average molecular weight is 310 g/mol. The minimum atomic E-state index is 0.129. The molecule has 4 N–H and O–H groups in total. The Bertz CT molecular complexity index is 358. The first-order chi connectivity index (χ1) is 10.2. The van der Waals surface area contributed by atoms with Crippen LogP contribution in [0, 0.1) is 5.92 Å². The lowest BCUT2D eigenvalue weighted by molar-refractivity contribution is 0.346. The molecule has 1 aromatic rings. The third kappa shape index (κ3) is 7.86. The van der Waals surface area contributed by atoms with Gasteiger partial charge in [0.25, 0.3) is 0 Å². The van der Waals surface area contributed by atoms with Crippen LogP contribution in [0.5, 0.6) is 0 Å². The van der Waals surface area contributed by atoms with Crippen LogP contribution in [0.4, 0.5) is 0 Å². The van der Waals surface area contributed by atoms with Crippen LogP contribution in [0.25, 0.3) is 0 Å². The fourth-order valence-electron chi connectivity index (χ4n) is 2.26. The van der Waals surface area contributed by atoms with Gasteiger partial charge in [-0.25, -0.2) is 0 Å². The molecule has 0 aliphatic carbocycles. The first-order valence-electron chi connectivity index (χ1n) is 8.01. The van der Waals surface area contributed by atoms with Crippen molar-refractivity contribution in [2.75, 3.05) is 25.4 Å². The Morgan fingerprint density at radius 2 is 1.90 bits per heavy atom. The Morgan fingerprint density at radius 3 is 2.52 bits per heavy atom. The standard InChI is InChI=1S/C17H31N3S/c1-3-14(2)17(20-11-16(18)13-21)12-19-10-9-15-7-5-4-6-8-15/h4-8,14,16-17,19-21H,3,9-13,18H2,1-2H3/t14?,16-,17?/m1/s1. The molecule has 0 spiro atoms. The summed E-state index contributed by atoms with van der Waals surface area (Å²) in [6.07, 6.45) is 2.25. The summed E-state index contributed by atoms with van der Waals surface area (Å²) in [7, 11) is 0. The molecule has 4 heteroatoms. The van der Waals surface area contributed by atoms with Crippen LogP contribution in [0.15, 0.2) is 30.3 Å². The van der Waals surface area contributed by atoms with Crippen LogP contribution in [0.2, 0.25) is 0 Å². The van der Waals surface area contributed by atoms with Gasteiger partial charge < -0.3 is 16.4 Å². The van der Waals surface area contributed by atoms with Gasteiger partial charge in [-0.05, 0) is 24.4 Å². The summed E-state index contributed by atoms with van der Waals surface area (Å²) in [5, 5.41) is 7.15. The largest absolute Gasteiger partial charge is 0.326 e. The number of nitrogens with one attached hydrogen (secondary N) is 2. The molecule has 0 amide bonds. The minimum Gasteiger partial charge on any atom is -0.326 e. The van der Waals surface area contributed by atoms with E-state index in [1.165, 1.54) is 12.0 Å². The quantitative estimate of drug-likeness (QED) is 0.374. The van der Waals surface area contributed by atoms with Crippen LogP contribution >= 0.6 is 12.6 Å². The van der Waals surface area contributed by atoms with Crippen molar-refractivity contribution in [3.8, 4) is 0 Å². The summed E-state index contributed by atoms with van der Waals surface area (Å²) in [6.45, 7) is 7.36. The molecule has 0 aliphatic rings. The lowest BCUT2D eigenvalue weighted by Crippen LogP contribution is -2.48. The molecule has 2 unspecified atom stereocenters. The minimum absolute atomic E-state index is 0.129. The van der Waals surface area contributed by atoms with Gasteiger partial charge in [0.1, 0.15) is 0 Å². The highest BCUT2D eigenvalue weighted by molar-refractivity contribution is 7.80. The van der Waals surface area contributed by atoms with E-state index in [1.807, 2.05) is 0 Å². The fourth-order valence-corrected chi connectivity index (χ4v) is 2.39. The summed E-state index contributed by atoms with van der Waals surface area (Å²) in [4.78, 5) is 0. The fraction of sp³-hybridized carbons (Fsp3) is 0.647. The van der Waals surface area contributed by atoms with E-state index in [0.29, 0.717) is 12.0 Å². The molecule has 3 nitrogen and oxygen atoms in total. The van der Waals surface area contributed by atoms with Crippen molar-refractivity contribution in [2.24, 2.45) is 11.7 Å². The van der Waals surface area contributed by atoms with E-state index < -0.39 is 0 Å². The molecule has 0 bridgehead atoms. The second kappa shape index (κ2) is 11.1. The van der Waals surface area contributed by atoms with E-state index >= 15 is 0 Å². The molecule has 120 valence electrons. The van der Waals surface area contributed by atoms with E-state index in [1.54, 1.807) is 0 Å². The SMILES string of the molecule is CCC(C)C(CNCCc1ccccc1)NC[C@@H](N)CS. The molecule has 0 heterocycles. The predicted molar refractivity (Wildman–Crippen MR) is 96.1 cm³/mol. The summed E-state index contributed by atoms with van der Waals surface area (Å²) in [5.41, 5.74) is 7.32. The van der Waals surface area contributed by atoms with Crippen molar-refractivity contribution in [2.45, 2.75) is 38.8 Å². The Hall–Kier alpha value is -0.550. The summed E-state index contributed by atoms with van der Waals surface area (Å²) in [6, 6.07) is 11.2. The molecule has 0 saturated heterocycles. The van der Waals surface area contributed by atoms with Gasteiger partial charge in [-0.15, -0.1) is 0 Å². The van der Waals surface area contributed by atoms with Crippen molar-refractivity contribution >= 4 is 12.6 Å². The first kappa shape index (κ1) is 18.5. The van der Waals surface area contributed by atoms with Crippen molar-refractivity contribution in [1.29, 1.82) is 0 Å². The maximum absolute atomic E-state index is 5.93. The zero-order valence-electron chi connectivity index (χ0n) is 13.4. The normalized spacial score (nSPS) is 15.6. The average Bonchev–Trinajstić information content (AvgIpc) is 2.54. The van der Waals surface area contributed by atoms with Gasteiger partial charge in [-0.3, -0.25) is 0 Å². The van der Waals surface area contributed by atoms with E-state index in [-0.39, 0.29) is 6.04 Å². The molecular formula is C17H31N3S. The van der Waals surface area contributed by atoms with Crippen molar-refractivity contribution < 1.29 is 0 Å². The third-order valence-corrected chi connectivity index (χ3v) is 4.47.